The monoisotopic (exact) mass is 324 g/mol. The van der Waals surface area contributed by atoms with Crippen molar-refractivity contribution >= 4 is 17.3 Å². The molecule has 4 rings (SSSR count). The second-order valence-electron chi connectivity index (χ2n) is 6.05. The molecule has 0 N–H and O–H groups in total. The molecule has 122 valence electrons. The summed E-state index contributed by atoms with van der Waals surface area (Å²) in [6, 6.07) is 10.2. The lowest BCUT2D eigenvalue weighted by Gasteiger charge is -2.16. The van der Waals surface area contributed by atoms with Crippen LogP contribution >= 0.6 is 0 Å². The zero-order valence-electron chi connectivity index (χ0n) is 13.3. The van der Waals surface area contributed by atoms with Gasteiger partial charge in [-0.05, 0) is 43.5 Å². The van der Waals surface area contributed by atoms with E-state index in [2.05, 4.69) is 4.98 Å². The summed E-state index contributed by atoms with van der Waals surface area (Å²) in [5.41, 5.74) is 3.79. The average molecular weight is 324 g/mol. The second kappa shape index (κ2) is 5.83. The van der Waals surface area contributed by atoms with E-state index in [1.165, 1.54) is 12.1 Å². The van der Waals surface area contributed by atoms with E-state index in [9.17, 15) is 9.18 Å². The summed E-state index contributed by atoms with van der Waals surface area (Å²) in [7, 11) is 0. The van der Waals surface area contributed by atoms with Gasteiger partial charge in [-0.3, -0.25) is 9.36 Å². The molecule has 1 aliphatic rings. The fourth-order valence-electron chi connectivity index (χ4n) is 3.33. The molecular weight excluding hydrogens is 307 g/mol. The predicted octanol–water partition coefficient (Wildman–Crippen LogP) is 4.14. The Morgan fingerprint density at radius 3 is 2.96 bits per heavy atom. The molecule has 1 fully saturated rings. The van der Waals surface area contributed by atoms with Crippen LogP contribution in [0.3, 0.4) is 0 Å². The van der Waals surface area contributed by atoms with Gasteiger partial charge in [-0.15, -0.1) is 0 Å². The van der Waals surface area contributed by atoms with E-state index < -0.39 is 0 Å². The third kappa shape index (κ3) is 2.32. The fourth-order valence-corrected chi connectivity index (χ4v) is 3.33. The first-order chi connectivity index (χ1) is 11.7. The maximum atomic E-state index is 13.6. The first-order valence-corrected chi connectivity index (χ1v) is 8.03. The molecule has 0 radical (unpaired) electrons. The van der Waals surface area contributed by atoms with Gasteiger partial charge in [0.2, 0.25) is 0 Å². The van der Waals surface area contributed by atoms with Crippen molar-refractivity contribution in [3.63, 3.8) is 0 Å². The zero-order valence-corrected chi connectivity index (χ0v) is 13.3. The van der Waals surface area contributed by atoms with Crippen LogP contribution in [0.5, 0.6) is 0 Å². The van der Waals surface area contributed by atoms with Gasteiger partial charge in [0, 0.05) is 18.2 Å². The van der Waals surface area contributed by atoms with E-state index in [-0.39, 0.29) is 11.9 Å². The Labute approximate surface area is 138 Å². The zero-order chi connectivity index (χ0) is 16.7. The number of hydrogen-bond acceptors (Lipinski definition) is 3. The largest absolute Gasteiger partial charge is 0.370 e. The highest BCUT2D eigenvalue weighted by Crippen LogP contribution is 2.34. The number of ether oxygens (including phenoxy) is 1. The van der Waals surface area contributed by atoms with Crippen LogP contribution in [0.15, 0.2) is 36.4 Å². The van der Waals surface area contributed by atoms with Gasteiger partial charge >= 0.3 is 0 Å². The number of nitrogens with zero attached hydrogens (tertiary/aromatic N) is 2. The first-order valence-electron chi connectivity index (χ1n) is 8.03. The maximum absolute atomic E-state index is 13.6. The number of carbonyl (C=O) groups is 1. The summed E-state index contributed by atoms with van der Waals surface area (Å²) in [6.45, 7) is 2.61. The van der Waals surface area contributed by atoms with Crippen LogP contribution in [0.1, 0.15) is 40.7 Å². The molecule has 0 aliphatic carbocycles. The van der Waals surface area contributed by atoms with Crippen LogP contribution < -0.4 is 0 Å². The van der Waals surface area contributed by atoms with Crippen LogP contribution in [-0.2, 0) is 4.74 Å². The molecular formula is C19H17FN2O2. The number of benzene rings is 2. The molecule has 0 amide bonds. The Balaban J connectivity index is 2.02. The van der Waals surface area contributed by atoms with Crippen LogP contribution in [0.25, 0.3) is 16.7 Å². The molecule has 4 nitrogen and oxygen atoms in total. The quantitative estimate of drug-likeness (QED) is 0.680. The Morgan fingerprint density at radius 2 is 2.21 bits per heavy atom. The van der Waals surface area contributed by atoms with Crippen LogP contribution in [-0.4, -0.2) is 22.4 Å². The molecule has 1 aromatic heterocycles. The topological polar surface area (TPSA) is 44.1 Å². The van der Waals surface area contributed by atoms with Crippen molar-refractivity contribution in [1.29, 1.82) is 0 Å². The Bertz CT molecular complexity index is 927. The summed E-state index contributed by atoms with van der Waals surface area (Å²) in [5, 5.41) is 0. The molecule has 5 heteroatoms. The van der Waals surface area contributed by atoms with E-state index in [1.54, 1.807) is 12.1 Å². The first kappa shape index (κ1) is 15.0. The second-order valence-corrected chi connectivity index (χ2v) is 6.05. The third-order valence-corrected chi connectivity index (χ3v) is 4.58. The van der Waals surface area contributed by atoms with Crippen LogP contribution in [0.4, 0.5) is 4.39 Å². The standard InChI is InChI=1S/C19H17FN2O2/c1-12-13(11-23)4-2-5-16(12)22-17-8-7-14(20)10-15(17)21-19(22)18-6-3-9-24-18/h2,4-5,7-8,10-11,18H,3,6,9H2,1H3/t18-/m1/s1. The number of fused-ring (bicyclic) bond motifs is 1. The summed E-state index contributed by atoms with van der Waals surface area (Å²) in [5.74, 6) is 0.448. The minimum atomic E-state index is -0.315. The minimum Gasteiger partial charge on any atom is -0.370 e. The highest BCUT2D eigenvalue weighted by Gasteiger charge is 2.26. The molecule has 24 heavy (non-hydrogen) atoms. The number of carbonyl (C=O) groups excluding carboxylic acids is 1. The SMILES string of the molecule is Cc1c(C=O)cccc1-n1c([C@H]2CCCO2)nc2cc(F)ccc21. The third-order valence-electron chi connectivity index (χ3n) is 4.58. The van der Waals surface area contributed by atoms with E-state index in [0.29, 0.717) is 17.7 Å². The van der Waals surface area contributed by atoms with Gasteiger partial charge in [-0.25, -0.2) is 9.37 Å². The average Bonchev–Trinajstić information content (AvgIpc) is 3.22. The summed E-state index contributed by atoms with van der Waals surface area (Å²) >= 11 is 0. The molecule has 1 saturated heterocycles. The summed E-state index contributed by atoms with van der Waals surface area (Å²) < 4.78 is 21.4. The molecule has 3 aromatic rings. The lowest BCUT2D eigenvalue weighted by atomic mass is 10.1. The van der Waals surface area contributed by atoms with Crippen LogP contribution in [0.2, 0.25) is 0 Å². The molecule has 2 aromatic carbocycles. The minimum absolute atomic E-state index is 0.111. The predicted molar refractivity (Wildman–Crippen MR) is 89.1 cm³/mol. The lowest BCUT2D eigenvalue weighted by molar-refractivity contribution is 0.104. The summed E-state index contributed by atoms with van der Waals surface area (Å²) in [4.78, 5) is 15.9. The lowest BCUT2D eigenvalue weighted by Crippen LogP contribution is -2.09. The van der Waals surface area contributed by atoms with Gasteiger partial charge in [0.15, 0.2) is 0 Å². The van der Waals surface area contributed by atoms with Crippen LogP contribution in [0, 0.1) is 12.7 Å². The van der Waals surface area contributed by atoms with E-state index in [4.69, 9.17) is 4.74 Å². The normalized spacial score (nSPS) is 17.5. The van der Waals surface area contributed by atoms with Gasteiger partial charge < -0.3 is 4.74 Å². The van der Waals surface area contributed by atoms with Gasteiger partial charge in [0.25, 0.3) is 0 Å². The highest BCUT2D eigenvalue weighted by molar-refractivity contribution is 5.82. The number of rotatable bonds is 3. The highest BCUT2D eigenvalue weighted by atomic mass is 19.1. The van der Waals surface area contributed by atoms with Crippen molar-refractivity contribution in [2.45, 2.75) is 25.9 Å². The molecule has 2 heterocycles. The number of aromatic nitrogens is 2. The number of imidazole rings is 1. The Hall–Kier alpha value is -2.53. The molecule has 0 bridgehead atoms. The van der Waals surface area contributed by atoms with Crippen molar-refractivity contribution in [1.82, 2.24) is 9.55 Å². The molecule has 0 unspecified atom stereocenters. The number of hydrogen-bond donors (Lipinski definition) is 0. The van der Waals surface area contributed by atoms with Gasteiger partial charge in [-0.1, -0.05) is 12.1 Å². The van der Waals surface area contributed by atoms with Crippen molar-refractivity contribution in [2.24, 2.45) is 0 Å². The Kier molecular flexibility index (Phi) is 3.65. The van der Waals surface area contributed by atoms with E-state index in [0.717, 1.165) is 41.7 Å². The van der Waals surface area contributed by atoms with Crippen molar-refractivity contribution < 1.29 is 13.9 Å². The molecule has 0 saturated carbocycles. The Morgan fingerprint density at radius 1 is 1.33 bits per heavy atom. The van der Waals surface area contributed by atoms with Gasteiger partial charge in [0.05, 0.1) is 16.7 Å². The molecule has 1 atom stereocenters. The van der Waals surface area contributed by atoms with E-state index in [1.807, 2.05) is 23.6 Å². The van der Waals surface area contributed by atoms with Crippen molar-refractivity contribution in [3.05, 3.63) is 59.2 Å². The van der Waals surface area contributed by atoms with Gasteiger partial charge in [-0.2, -0.15) is 0 Å². The maximum Gasteiger partial charge on any atom is 0.150 e. The smallest absolute Gasteiger partial charge is 0.150 e. The number of aldehydes is 1. The van der Waals surface area contributed by atoms with Crippen molar-refractivity contribution in [3.8, 4) is 5.69 Å². The molecule has 1 aliphatic heterocycles. The number of halogens is 1. The van der Waals surface area contributed by atoms with Gasteiger partial charge in [0.1, 0.15) is 24.0 Å². The summed E-state index contributed by atoms with van der Waals surface area (Å²) in [6.07, 6.45) is 2.61. The molecule has 0 spiro atoms. The van der Waals surface area contributed by atoms with Crippen molar-refractivity contribution in [2.75, 3.05) is 6.61 Å². The van der Waals surface area contributed by atoms with E-state index >= 15 is 0 Å². The fraction of sp³-hybridized carbons (Fsp3) is 0.263.